The summed E-state index contributed by atoms with van der Waals surface area (Å²) in [5, 5.41) is 2.69. The van der Waals surface area contributed by atoms with Gasteiger partial charge in [-0.15, -0.1) is 24.8 Å². The third-order valence-corrected chi connectivity index (χ3v) is 4.89. The van der Waals surface area contributed by atoms with Crippen molar-refractivity contribution in [3.05, 3.63) is 53.9 Å². The van der Waals surface area contributed by atoms with Gasteiger partial charge in [0.05, 0.1) is 19.2 Å². The minimum Gasteiger partial charge on any atom is -0.489 e. The van der Waals surface area contributed by atoms with Gasteiger partial charge in [0.2, 0.25) is 5.89 Å². The van der Waals surface area contributed by atoms with Gasteiger partial charge in [-0.2, -0.15) is 8.78 Å². The molecule has 1 saturated carbocycles. The minimum absolute atomic E-state index is 0. The third kappa shape index (κ3) is 7.48. The molecule has 0 unspecified atom stereocenters. The first-order chi connectivity index (χ1) is 15.9. The maximum Gasteiger partial charge on any atom is 0.387 e. The van der Waals surface area contributed by atoms with Gasteiger partial charge in [-0.3, -0.25) is 4.79 Å². The van der Waals surface area contributed by atoms with E-state index >= 15 is 0 Å². The summed E-state index contributed by atoms with van der Waals surface area (Å²) in [4.78, 5) is 25.2. The van der Waals surface area contributed by atoms with Crippen LogP contribution in [0.15, 0.2) is 41.1 Å². The Kier molecular flexibility index (Phi) is 10.2. The molecular formula is C22H25Cl2F2N5O4. The van der Waals surface area contributed by atoms with Gasteiger partial charge in [-0.1, -0.05) is 0 Å². The number of amides is 1. The molecule has 2 heterocycles. The van der Waals surface area contributed by atoms with Crippen molar-refractivity contribution in [3.8, 4) is 23.0 Å². The van der Waals surface area contributed by atoms with Crippen molar-refractivity contribution in [3.63, 3.8) is 0 Å². The van der Waals surface area contributed by atoms with Crippen LogP contribution in [0.4, 0.5) is 8.78 Å². The van der Waals surface area contributed by atoms with Gasteiger partial charge in [-0.25, -0.2) is 15.0 Å². The molecular weight excluding hydrogens is 507 g/mol. The van der Waals surface area contributed by atoms with Crippen LogP contribution in [0.2, 0.25) is 0 Å². The number of aromatic nitrogens is 3. The average molecular weight is 532 g/mol. The second-order valence-electron chi connectivity index (χ2n) is 7.66. The number of nitrogens with one attached hydrogen (secondary N) is 1. The maximum atomic E-state index is 12.8. The highest BCUT2D eigenvalue weighted by Gasteiger charge is 2.26. The lowest BCUT2D eigenvalue weighted by molar-refractivity contribution is -0.0515. The van der Waals surface area contributed by atoms with Gasteiger partial charge < -0.3 is 24.9 Å². The molecule has 3 aromatic rings. The molecule has 3 N–H and O–H groups in total. The standard InChI is InChI=1S/C22H23F2N5O4.2ClH/c1-12(25)19-18(20(30)28-10-17-26-7-2-8-27-17)29-21(33-19)14-5-6-15(32-22(23)24)16(9-14)31-11-13-3-4-13;;/h2,5-9,12-13,22H,3-4,10-11,25H2,1H3,(H,28,30);2*1H/t12-;;/m0../s1. The molecule has 0 saturated heterocycles. The Balaban J connectivity index is 0.00000216. The number of halogens is 4. The van der Waals surface area contributed by atoms with E-state index in [1.807, 2.05) is 0 Å². The summed E-state index contributed by atoms with van der Waals surface area (Å²) in [6.45, 7) is -0.839. The SMILES string of the molecule is C[C@H](N)c1oc(-c2ccc(OC(F)F)c(OCC3CC3)c2)nc1C(=O)NCc1ncccn1.Cl.Cl. The summed E-state index contributed by atoms with van der Waals surface area (Å²) in [5.41, 5.74) is 6.42. The lowest BCUT2D eigenvalue weighted by Gasteiger charge is -2.12. The van der Waals surface area contributed by atoms with E-state index in [0.29, 0.717) is 23.9 Å². The molecule has 35 heavy (non-hydrogen) atoms. The first kappa shape index (κ1) is 28.2. The summed E-state index contributed by atoms with van der Waals surface area (Å²) in [6, 6.07) is 5.40. The van der Waals surface area contributed by atoms with E-state index in [1.54, 1.807) is 25.4 Å². The molecule has 2 aromatic heterocycles. The molecule has 190 valence electrons. The summed E-state index contributed by atoms with van der Waals surface area (Å²) in [6.07, 6.45) is 5.21. The van der Waals surface area contributed by atoms with Crippen LogP contribution < -0.4 is 20.5 Å². The third-order valence-electron chi connectivity index (χ3n) is 4.89. The number of alkyl halides is 2. The maximum absolute atomic E-state index is 12.8. The van der Waals surface area contributed by atoms with Crippen LogP contribution >= 0.6 is 24.8 Å². The Bertz CT molecular complexity index is 1110. The zero-order chi connectivity index (χ0) is 23.4. The Hall–Kier alpha value is -3.02. The minimum atomic E-state index is -2.99. The number of nitrogens with two attached hydrogens (primary N) is 1. The summed E-state index contributed by atoms with van der Waals surface area (Å²) in [5.74, 6) is 0.676. The van der Waals surface area contributed by atoms with Gasteiger partial charge in [0.15, 0.2) is 23.0 Å². The molecule has 13 heteroatoms. The molecule has 4 rings (SSSR count). The van der Waals surface area contributed by atoms with Crippen LogP contribution in [-0.4, -0.2) is 34.1 Å². The molecule has 0 spiro atoms. The molecule has 1 fully saturated rings. The van der Waals surface area contributed by atoms with Crippen molar-refractivity contribution in [2.45, 2.75) is 39.0 Å². The highest BCUT2D eigenvalue weighted by Crippen LogP contribution is 2.37. The number of rotatable bonds is 10. The lowest BCUT2D eigenvalue weighted by atomic mass is 10.2. The molecule has 0 radical (unpaired) electrons. The number of benzene rings is 1. The van der Waals surface area contributed by atoms with E-state index < -0.39 is 18.6 Å². The number of oxazole rings is 1. The highest BCUT2D eigenvalue weighted by molar-refractivity contribution is 5.93. The second-order valence-corrected chi connectivity index (χ2v) is 7.66. The molecule has 1 aliphatic carbocycles. The van der Waals surface area contributed by atoms with Crippen LogP contribution in [0.5, 0.6) is 11.5 Å². The largest absolute Gasteiger partial charge is 0.489 e. The topological polar surface area (TPSA) is 125 Å². The van der Waals surface area contributed by atoms with Crippen molar-refractivity contribution in [2.24, 2.45) is 11.7 Å². The van der Waals surface area contributed by atoms with Crippen molar-refractivity contribution < 1.29 is 27.5 Å². The average Bonchev–Trinajstić information content (AvgIpc) is 3.52. The van der Waals surface area contributed by atoms with Gasteiger partial charge in [0, 0.05) is 18.0 Å². The number of nitrogens with zero attached hydrogens (tertiary/aromatic N) is 3. The van der Waals surface area contributed by atoms with E-state index in [4.69, 9.17) is 14.9 Å². The summed E-state index contributed by atoms with van der Waals surface area (Å²) >= 11 is 0. The molecule has 9 nitrogen and oxygen atoms in total. The number of carbonyl (C=O) groups is 1. The quantitative estimate of drug-likeness (QED) is 0.396. The zero-order valence-electron chi connectivity index (χ0n) is 18.6. The first-order valence-electron chi connectivity index (χ1n) is 10.4. The van der Waals surface area contributed by atoms with Crippen LogP contribution in [0.1, 0.15) is 47.9 Å². The summed E-state index contributed by atoms with van der Waals surface area (Å²) < 4.78 is 41.6. The van der Waals surface area contributed by atoms with Gasteiger partial charge in [0.25, 0.3) is 5.91 Å². The van der Waals surface area contributed by atoms with Crippen molar-refractivity contribution in [2.75, 3.05) is 6.61 Å². The van der Waals surface area contributed by atoms with Crippen molar-refractivity contribution in [1.82, 2.24) is 20.3 Å². The Morgan fingerprint density at radius 3 is 2.57 bits per heavy atom. The van der Waals surface area contributed by atoms with Gasteiger partial charge in [0.1, 0.15) is 5.82 Å². The predicted octanol–water partition coefficient (Wildman–Crippen LogP) is 4.32. The highest BCUT2D eigenvalue weighted by atomic mass is 35.5. The van der Waals surface area contributed by atoms with Crippen LogP contribution in [0, 0.1) is 5.92 Å². The zero-order valence-corrected chi connectivity index (χ0v) is 20.3. The summed E-state index contributed by atoms with van der Waals surface area (Å²) in [7, 11) is 0. The number of ether oxygens (including phenoxy) is 2. The molecule has 0 aliphatic heterocycles. The molecule has 1 amide bonds. The fraction of sp³-hybridized carbons (Fsp3) is 0.364. The first-order valence-corrected chi connectivity index (χ1v) is 10.4. The molecule has 1 atom stereocenters. The van der Waals surface area contributed by atoms with Gasteiger partial charge >= 0.3 is 6.61 Å². The second kappa shape index (κ2) is 12.6. The number of carbonyl (C=O) groups excluding carboxylic acids is 1. The van der Waals surface area contributed by atoms with Crippen LogP contribution in [0.3, 0.4) is 0 Å². The number of hydrogen-bond acceptors (Lipinski definition) is 8. The van der Waals surface area contributed by atoms with E-state index in [2.05, 4.69) is 25.0 Å². The Morgan fingerprint density at radius 2 is 1.94 bits per heavy atom. The Morgan fingerprint density at radius 1 is 1.23 bits per heavy atom. The smallest absolute Gasteiger partial charge is 0.387 e. The van der Waals surface area contributed by atoms with Crippen molar-refractivity contribution in [1.29, 1.82) is 0 Å². The van der Waals surface area contributed by atoms with E-state index in [1.165, 1.54) is 18.2 Å². The van der Waals surface area contributed by atoms with E-state index in [-0.39, 0.29) is 60.2 Å². The molecule has 1 aliphatic rings. The normalized spacial score (nSPS) is 13.4. The predicted molar refractivity (Wildman–Crippen MR) is 127 cm³/mol. The van der Waals surface area contributed by atoms with E-state index in [0.717, 1.165) is 12.8 Å². The monoisotopic (exact) mass is 531 g/mol. The lowest BCUT2D eigenvalue weighted by Crippen LogP contribution is -2.26. The Labute approximate surface area is 212 Å². The van der Waals surface area contributed by atoms with Crippen molar-refractivity contribution >= 4 is 30.7 Å². The van der Waals surface area contributed by atoms with Crippen LogP contribution in [-0.2, 0) is 6.54 Å². The fourth-order valence-corrected chi connectivity index (χ4v) is 3.03. The van der Waals surface area contributed by atoms with Crippen LogP contribution in [0.25, 0.3) is 11.5 Å². The molecule has 1 aromatic carbocycles. The molecule has 0 bridgehead atoms. The van der Waals surface area contributed by atoms with Gasteiger partial charge in [-0.05, 0) is 49.9 Å². The van der Waals surface area contributed by atoms with E-state index in [9.17, 15) is 13.6 Å². The number of hydrogen-bond donors (Lipinski definition) is 2. The fourth-order valence-electron chi connectivity index (χ4n) is 3.03.